The summed E-state index contributed by atoms with van der Waals surface area (Å²) < 4.78 is 0. The van der Waals surface area contributed by atoms with Crippen molar-refractivity contribution in [2.45, 2.75) is 19.4 Å². The summed E-state index contributed by atoms with van der Waals surface area (Å²) in [6.07, 6.45) is 0.799. The van der Waals surface area contributed by atoms with Crippen LogP contribution in [0.25, 0.3) is 0 Å². The van der Waals surface area contributed by atoms with Gasteiger partial charge in [0.1, 0.15) is 0 Å². The first kappa shape index (κ1) is 11.5. The van der Waals surface area contributed by atoms with Gasteiger partial charge in [0.05, 0.1) is 11.5 Å². The molecule has 5 nitrogen and oxygen atoms in total. The second kappa shape index (κ2) is 5.31. The van der Waals surface area contributed by atoms with E-state index >= 15 is 0 Å². The average molecular weight is 210 g/mol. The molecule has 2 N–H and O–H groups in total. The maximum Gasteiger partial charge on any atom is 0.269 e. The highest BCUT2D eigenvalue weighted by Gasteiger charge is 2.06. The quantitative estimate of drug-likeness (QED) is 0.573. The number of rotatable bonds is 5. The van der Waals surface area contributed by atoms with Crippen molar-refractivity contribution in [3.05, 3.63) is 34.4 Å². The Bertz CT molecular complexity index is 320. The van der Waals surface area contributed by atoms with Crippen molar-refractivity contribution < 1.29 is 10.0 Å². The van der Waals surface area contributed by atoms with Gasteiger partial charge in [-0.25, -0.2) is 0 Å². The number of aliphatic hydroxyl groups is 1. The number of hydrogen-bond donors (Lipinski definition) is 2. The highest BCUT2D eigenvalue weighted by Crippen LogP contribution is 2.16. The van der Waals surface area contributed by atoms with Crippen molar-refractivity contribution >= 4 is 11.4 Å². The zero-order chi connectivity index (χ0) is 11.3. The second-order valence-electron chi connectivity index (χ2n) is 3.24. The third-order valence-corrected chi connectivity index (χ3v) is 2.16. The van der Waals surface area contributed by atoms with Crippen molar-refractivity contribution in [3.63, 3.8) is 0 Å². The highest BCUT2D eigenvalue weighted by molar-refractivity contribution is 5.49. The van der Waals surface area contributed by atoms with Crippen LogP contribution in [0.4, 0.5) is 11.4 Å². The lowest BCUT2D eigenvalue weighted by Crippen LogP contribution is -2.22. The molecule has 0 heterocycles. The molecule has 82 valence electrons. The van der Waals surface area contributed by atoms with Gasteiger partial charge in [0, 0.05) is 23.9 Å². The van der Waals surface area contributed by atoms with Crippen LogP contribution in [-0.4, -0.2) is 22.7 Å². The lowest BCUT2D eigenvalue weighted by molar-refractivity contribution is -0.384. The van der Waals surface area contributed by atoms with Crippen LogP contribution < -0.4 is 5.32 Å². The van der Waals surface area contributed by atoms with Crippen LogP contribution in [0.2, 0.25) is 0 Å². The molecule has 1 rings (SSSR count). The first-order valence-corrected chi connectivity index (χ1v) is 4.79. The predicted molar refractivity (Wildman–Crippen MR) is 57.9 cm³/mol. The first-order valence-electron chi connectivity index (χ1n) is 4.79. The van der Waals surface area contributed by atoms with Crippen LogP contribution in [0.5, 0.6) is 0 Å². The van der Waals surface area contributed by atoms with Gasteiger partial charge >= 0.3 is 0 Å². The van der Waals surface area contributed by atoms with Gasteiger partial charge in [-0.1, -0.05) is 6.92 Å². The van der Waals surface area contributed by atoms with Crippen molar-refractivity contribution in [2.24, 2.45) is 0 Å². The van der Waals surface area contributed by atoms with Crippen LogP contribution in [0.3, 0.4) is 0 Å². The molecule has 0 saturated heterocycles. The van der Waals surface area contributed by atoms with Crippen LogP contribution >= 0.6 is 0 Å². The van der Waals surface area contributed by atoms with E-state index in [-0.39, 0.29) is 18.3 Å². The Morgan fingerprint density at radius 1 is 1.47 bits per heavy atom. The maximum atomic E-state index is 10.4. The van der Waals surface area contributed by atoms with Crippen molar-refractivity contribution in [1.82, 2.24) is 0 Å². The maximum absolute atomic E-state index is 10.4. The highest BCUT2D eigenvalue weighted by atomic mass is 16.6. The lowest BCUT2D eigenvalue weighted by atomic mass is 10.2. The molecule has 0 aromatic heterocycles. The largest absolute Gasteiger partial charge is 0.394 e. The molecule has 1 aromatic carbocycles. The van der Waals surface area contributed by atoms with E-state index < -0.39 is 4.92 Å². The summed E-state index contributed by atoms with van der Waals surface area (Å²) in [7, 11) is 0. The molecular formula is C10H14N2O3. The number of hydrogen-bond acceptors (Lipinski definition) is 4. The Morgan fingerprint density at radius 2 is 2.07 bits per heavy atom. The van der Waals surface area contributed by atoms with Crippen molar-refractivity contribution in [1.29, 1.82) is 0 Å². The molecule has 0 spiro atoms. The number of aliphatic hydroxyl groups excluding tert-OH is 1. The molecule has 0 aliphatic heterocycles. The molecule has 0 fully saturated rings. The molecule has 1 aromatic rings. The minimum atomic E-state index is -0.437. The van der Waals surface area contributed by atoms with Gasteiger partial charge in [-0.15, -0.1) is 0 Å². The number of nitro groups is 1. The van der Waals surface area contributed by atoms with E-state index in [1.54, 1.807) is 12.1 Å². The molecule has 5 heteroatoms. The summed E-state index contributed by atoms with van der Waals surface area (Å²) in [5.41, 5.74) is 0.846. The summed E-state index contributed by atoms with van der Waals surface area (Å²) in [4.78, 5) is 9.95. The van der Waals surface area contributed by atoms with Crippen LogP contribution in [0.1, 0.15) is 13.3 Å². The predicted octanol–water partition coefficient (Wildman–Crippen LogP) is 1.78. The molecule has 0 unspecified atom stereocenters. The fourth-order valence-corrected chi connectivity index (χ4v) is 1.19. The van der Waals surface area contributed by atoms with E-state index in [1.807, 2.05) is 6.92 Å². The molecule has 0 saturated carbocycles. The fourth-order valence-electron chi connectivity index (χ4n) is 1.19. The van der Waals surface area contributed by atoms with Crippen LogP contribution in [0, 0.1) is 10.1 Å². The van der Waals surface area contributed by atoms with E-state index in [1.165, 1.54) is 12.1 Å². The monoisotopic (exact) mass is 210 g/mol. The molecule has 15 heavy (non-hydrogen) atoms. The van der Waals surface area contributed by atoms with Gasteiger partial charge in [0.15, 0.2) is 0 Å². The third-order valence-electron chi connectivity index (χ3n) is 2.16. The van der Waals surface area contributed by atoms with Crippen molar-refractivity contribution in [3.8, 4) is 0 Å². The minimum Gasteiger partial charge on any atom is -0.394 e. The molecule has 1 atom stereocenters. The number of anilines is 1. The molecular weight excluding hydrogens is 196 g/mol. The molecule has 0 amide bonds. The zero-order valence-corrected chi connectivity index (χ0v) is 8.51. The van der Waals surface area contributed by atoms with E-state index in [2.05, 4.69) is 5.32 Å². The fraction of sp³-hybridized carbons (Fsp3) is 0.400. The standard InChI is InChI=1S/C10H14N2O3/c1-2-8(7-13)11-9-3-5-10(6-4-9)12(14)15/h3-6,8,11,13H,2,7H2,1H3/t8-/m1/s1. The van der Waals surface area contributed by atoms with Gasteiger partial charge in [-0.05, 0) is 18.6 Å². The average Bonchev–Trinajstić information content (AvgIpc) is 2.26. The first-order chi connectivity index (χ1) is 7.17. The molecule has 0 bridgehead atoms. The lowest BCUT2D eigenvalue weighted by Gasteiger charge is -2.14. The number of nitrogens with one attached hydrogen (secondary N) is 1. The number of non-ortho nitro benzene ring substituents is 1. The Morgan fingerprint density at radius 3 is 2.47 bits per heavy atom. The number of benzene rings is 1. The van der Waals surface area contributed by atoms with E-state index in [0.717, 1.165) is 12.1 Å². The normalized spacial score (nSPS) is 12.1. The summed E-state index contributed by atoms with van der Waals surface area (Å²) in [6.45, 7) is 2.01. The topological polar surface area (TPSA) is 75.4 Å². The van der Waals surface area contributed by atoms with Crippen LogP contribution in [-0.2, 0) is 0 Å². The van der Waals surface area contributed by atoms with E-state index in [9.17, 15) is 10.1 Å². The van der Waals surface area contributed by atoms with E-state index in [0.29, 0.717) is 0 Å². The Labute approximate surface area is 87.9 Å². The Balaban J connectivity index is 2.67. The SMILES string of the molecule is CC[C@H](CO)Nc1ccc([N+](=O)[O-])cc1. The summed E-state index contributed by atoms with van der Waals surface area (Å²) in [6, 6.07) is 6.14. The Kier molecular flexibility index (Phi) is 4.05. The zero-order valence-electron chi connectivity index (χ0n) is 8.51. The third kappa shape index (κ3) is 3.21. The smallest absolute Gasteiger partial charge is 0.269 e. The summed E-state index contributed by atoms with van der Waals surface area (Å²) >= 11 is 0. The summed E-state index contributed by atoms with van der Waals surface area (Å²) in [5, 5.41) is 22.4. The number of nitro benzene ring substituents is 1. The van der Waals surface area contributed by atoms with Gasteiger partial charge < -0.3 is 10.4 Å². The molecule has 0 radical (unpaired) electrons. The van der Waals surface area contributed by atoms with E-state index in [4.69, 9.17) is 5.11 Å². The Hall–Kier alpha value is -1.62. The minimum absolute atomic E-state index is 0.00791. The number of nitrogens with zero attached hydrogens (tertiary/aromatic N) is 1. The van der Waals surface area contributed by atoms with Gasteiger partial charge in [-0.2, -0.15) is 0 Å². The summed E-state index contributed by atoms with van der Waals surface area (Å²) in [5.74, 6) is 0. The van der Waals surface area contributed by atoms with Crippen molar-refractivity contribution in [2.75, 3.05) is 11.9 Å². The van der Waals surface area contributed by atoms with Gasteiger partial charge in [-0.3, -0.25) is 10.1 Å². The molecule has 0 aliphatic carbocycles. The molecule has 0 aliphatic rings. The van der Waals surface area contributed by atoms with Crippen LogP contribution in [0.15, 0.2) is 24.3 Å². The van der Waals surface area contributed by atoms with Gasteiger partial charge in [0.2, 0.25) is 0 Å². The second-order valence-corrected chi connectivity index (χ2v) is 3.24. The van der Waals surface area contributed by atoms with Gasteiger partial charge in [0.25, 0.3) is 5.69 Å².